The van der Waals surface area contributed by atoms with Crippen LogP contribution < -0.4 is 5.32 Å². The Morgan fingerprint density at radius 2 is 0.722 bits per heavy atom. The number of aliphatic hydroxyl groups excluding tert-OH is 8. The van der Waals surface area contributed by atoms with Crippen molar-refractivity contribution in [3.05, 3.63) is 146 Å². The molecule has 0 bridgehead atoms. The Morgan fingerprint density at radius 3 is 1.13 bits per heavy atom. The molecule has 0 aromatic carbocycles. The summed E-state index contributed by atoms with van der Waals surface area (Å²) in [4.78, 5) is 13.4. The summed E-state index contributed by atoms with van der Waals surface area (Å²) < 4.78 is 22.9. The second-order valence-corrected chi connectivity index (χ2v) is 26.4. The fraction of sp³-hybridized carbons (Fsp3) is 0.699. The molecule has 12 unspecified atom stereocenters. The van der Waals surface area contributed by atoms with Crippen molar-refractivity contribution >= 4 is 5.91 Å². The lowest BCUT2D eigenvalue weighted by Crippen LogP contribution is -2.65. The normalized spacial score (nSPS) is 23.0. The van der Waals surface area contributed by atoms with Gasteiger partial charge in [0.2, 0.25) is 5.91 Å². The van der Waals surface area contributed by atoms with E-state index in [-0.39, 0.29) is 18.9 Å². The van der Waals surface area contributed by atoms with Crippen LogP contribution in [0.1, 0.15) is 277 Å². The number of rotatable bonds is 62. The monoisotopic (exact) mass is 1360 g/mol. The van der Waals surface area contributed by atoms with E-state index in [1.54, 1.807) is 6.08 Å². The summed E-state index contributed by atoms with van der Waals surface area (Å²) in [6.45, 7) is 2.68. The van der Waals surface area contributed by atoms with Crippen LogP contribution in [-0.2, 0) is 23.7 Å². The van der Waals surface area contributed by atoms with Crippen molar-refractivity contribution in [1.29, 1.82) is 0 Å². The van der Waals surface area contributed by atoms with Crippen molar-refractivity contribution < 1.29 is 64.6 Å². The first-order chi connectivity index (χ1) is 47.6. The third kappa shape index (κ3) is 48.4. The fourth-order valence-corrected chi connectivity index (χ4v) is 11.7. The van der Waals surface area contributed by atoms with E-state index < -0.39 is 86.8 Å². The average molecular weight is 1360 g/mol. The Labute approximate surface area is 589 Å². The zero-order chi connectivity index (χ0) is 70.1. The molecule has 14 heteroatoms. The molecular weight excluding hydrogens is 1220 g/mol. The first-order valence-electron chi connectivity index (χ1n) is 38.6. The van der Waals surface area contributed by atoms with Crippen LogP contribution >= 0.6 is 0 Å². The molecule has 2 heterocycles. The quantitative estimate of drug-likeness (QED) is 0.0204. The first kappa shape index (κ1) is 89.0. The molecule has 0 spiro atoms. The lowest BCUT2D eigenvalue weighted by atomic mass is 9.97. The van der Waals surface area contributed by atoms with Gasteiger partial charge in [-0.1, -0.05) is 307 Å². The minimum atomic E-state index is -1.80. The third-order valence-corrected chi connectivity index (χ3v) is 17.8. The molecule has 97 heavy (non-hydrogen) atoms. The number of hydrogen-bond acceptors (Lipinski definition) is 13. The number of ether oxygens (including phenoxy) is 4. The van der Waals surface area contributed by atoms with Crippen LogP contribution in [0.15, 0.2) is 146 Å². The van der Waals surface area contributed by atoms with E-state index in [0.717, 1.165) is 109 Å². The predicted molar refractivity (Wildman–Crippen MR) is 401 cm³/mol. The van der Waals surface area contributed by atoms with Crippen molar-refractivity contribution in [2.45, 2.75) is 351 Å². The van der Waals surface area contributed by atoms with Crippen molar-refractivity contribution in [3.63, 3.8) is 0 Å². The Balaban J connectivity index is 1.66. The lowest BCUT2D eigenvalue weighted by molar-refractivity contribution is -0.359. The smallest absolute Gasteiger partial charge is 0.220 e. The molecule has 9 N–H and O–H groups in total. The van der Waals surface area contributed by atoms with E-state index in [9.17, 15) is 45.6 Å². The molecule has 0 saturated carbocycles. The van der Waals surface area contributed by atoms with Gasteiger partial charge in [0.05, 0.1) is 32.0 Å². The number of aliphatic hydroxyl groups is 8. The summed E-state index contributed by atoms with van der Waals surface area (Å²) in [5.74, 6) is -0.261. The van der Waals surface area contributed by atoms with Gasteiger partial charge in [-0.15, -0.1) is 0 Å². The maximum Gasteiger partial charge on any atom is 0.220 e. The number of carbonyl (C=O) groups is 1. The van der Waals surface area contributed by atoms with Crippen molar-refractivity contribution in [2.75, 3.05) is 19.8 Å². The summed E-state index contributed by atoms with van der Waals surface area (Å²) in [5, 5.41) is 87.6. The Morgan fingerprint density at radius 1 is 0.381 bits per heavy atom. The van der Waals surface area contributed by atoms with Crippen LogP contribution in [-0.4, -0.2) is 140 Å². The first-order valence-corrected chi connectivity index (χ1v) is 38.6. The van der Waals surface area contributed by atoms with Crippen LogP contribution in [0.25, 0.3) is 0 Å². The van der Waals surface area contributed by atoms with Gasteiger partial charge in [-0.2, -0.15) is 0 Å². The molecule has 1 amide bonds. The van der Waals surface area contributed by atoms with Crippen LogP contribution in [0.2, 0.25) is 0 Å². The Kier molecular flexibility index (Phi) is 59.8. The molecule has 12 atom stereocenters. The van der Waals surface area contributed by atoms with Gasteiger partial charge in [-0.3, -0.25) is 4.79 Å². The summed E-state index contributed by atoms with van der Waals surface area (Å²) in [5.41, 5.74) is 0. The summed E-state index contributed by atoms with van der Waals surface area (Å²) in [7, 11) is 0. The number of nitrogens with one attached hydrogen (secondary N) is 1. The zero-order valence-corrected chi connectivity index (χ0v) is 60.5. The molecule has 0 aromatic rings. The van der Waals surface area contributed by atoms with Crippen molar-refractivity contribution in [2.24, 2.45) is 0 Å². The van der Waals surface area contributed by atoms with Crippen LogP contribution in [0.4, 0.5) is 0 Å². The highest BCUT2D eigenvalue weighted by atomic mass is 16.7. The molecule has 0 radical (unpaired) electrons. The van der Waals surface area contributed by atoms with Gasteiger partial charge in [-0.25, -0.2) is 0 Å². The number of allylic oxidation sites excluding steroid dienone is 23. The van der Waals surface area contributed by atoms with E-state index in [1.165, 1.54) is 135 Å². The minimum Gasteiger partial charge on any atom is -0.394 e. The van der Waals surface area contributed by atoms with E-state index in [2.05, 4.69) is 153 Å². The van der Waals surface area contributed by atoms with E-state index in [4.69, 9.17) is 18.9 Å². The lowest BCUT2D eigenvalue weighted by Gasteiger charge is -2.46. The molecule has 554 valence electrons. The van der Waals surface area contributed by atoms with E-state index in [1.807, 2.05) is 6.08 Å². The zero-order valence-electron chi connectivity index (χ0n) is 60.5. The highest BCUT2D eigenvalue weighted by Crippen LogP contribution is 2.30. The molecule has 2 fully saturated rings. The SMILES string of the molecule is CC/C=C\C/C=C\C/C=C\C/C=C\C/C=C\C/C=C\C/C=C\C/C=C\C/C=C\C/C=C\CCCCCCCCCCC(=O)NC(COC1OC(CO)C(OC2OC(CO)C(O)C(O)C2O)C(O)C1O)C(O)/C=C/CC/C=C/CCCCCCCCCCCCCCCCCCCC. The van der Waals surface area contributed by atoms with Gasteiger partial charge >= 0.3 is 0 Å². The van der Waals surface area contributed by atoms with Gasteiger partial charge in [0.25, 0.3) is 0 Å². The topological polar surface area (TPSA) is 228 Å². The maximum absolute atomic E-state index is 13.4. The van der Waals surface area contributed by atoms with Crippen LogP contribution in [0, 0.1) is 0 Å². The number of hydrogen-bond donors (Lipinski definition) is 9. The highest BCUT2D eigenvalue weighted by molar-refractivity contribution is 5.76. The number of carbonyl (C=O) groups excluding carboxylic acids is 1. The summed E-state index contributed by atoms with van der Waals surface area (Å²) in [6, 6.07) is -0.948. The Hall–Kier alpha value is -4.13. The summed E-state index contributed by atoms with van der Waals surface area (Å²) >= 11 is 0. The van der Waals surface area contributed by atoms with E-state index >= 15 is 0 Å². The minimum absolute atomic E-state index is 0.255. The predicted octanol–water partition coefficient (Wildman–Crippen LogP) is 17.2. The third-order valence-electron chi connectivity index (χ3n) is 17.8. The molecule has 2 aliphatic rings. The van der Waals surface area contributed by atoms with Crippen molar-refractivity contribution in [3.8, 4) is 0 Å². The van der Waals surface area contributed by atoms with Gasteiger partial charge in [0, 0.05) is 6.42 Å². The largest absolute Gasteiger partial charge is 0.394 e. The van der Waals surface area contributed by atoms with Gasteiger partial charge < -0.3 is 65.1 Å². The molecule has 2 saturated heterocycles. The number of unbranched alkanes of at least 4 members (excludes halogenated alkanes) is 27. The van der Waals surface area contributed by atoms with Crippen LogP contribution in [0.5, 0.6) is 0 Å². The molecule has 2 rings (SSSR count). The standard InChI is InChI=1S/C83H139NO13/c1-3-5-7-9-11-13-15-17-19-21-23-25-27-29-30-31-32-33-34-35-36-37-38-39-40-41-42-43-45-47-49-51-53-55-57-59-61-63-65-67-75(88)84-71(70-94-82-80(93)78(91)81(74(69-86)96-82)97-83-79(92)77(90)76(89)73(68-85)95-83)72(87)66-64-62-60-58-56-54-52-50-48-46-44-28-26-24-22-20-18-16-14-12-10-8-6-4-2/h5,7,11,13,17,19,23,25,29-30,32-33,35-36,38-39,41-42,45,47,56,58,64,66,71-74,76-83,85-87,89-93H,3-4,6,8-10,12,14-16,18,20-22,24,26-28,31,34,37,40,43-44,46,48-55,57,59-63,65,67-70H2,1-2H3,(H,84,88)/b7-5-,13-11-,19-17-,25-23-,30-29-,33-32-,36-35-,39-38-,42-41-,47-45-,58-56+,66-64+. The second-order valence-electron chi connectivity index (χ2n) is 26.4. The Bertz CT molecular complexity index is 2190. The molecule has 2 aliphatic heterocycles. The van der Waals surface area contributed by atoms with Crippen LogP contribution in [0.3, 0.4) is 0 Å². The second kappa shape index (κ2) is 65.2. The molecule has 14 nitrogen and oxygen atoms in total. The molecular formula is C83H139NO13. The summed E-state index contributed by atoms with van der Waals surface area (Å²) in [6.07, 6.45) is 81.9. The molecule has 0 aromatic heterocycles. The fourth-order valence-electron chi connectivity index (χ4n) is 11.7. The average Bonchev–Trinajstić information content (AvgIpc) is 0.794. The van der Waals surface area contributed by atoms with Crippen molar-refractivity contribution in [1.82, 2.24) is 5.32 Å². The maximum atomic E-state index is 13.4. The van der Waals surface area contributed by atoms with Gasteiger partial charge in [0.15, 0.2) is 12.6 Å². The van der Waals surface area contributed by atoms with E-state index in [0.29, 0.717) is 12.8 Å². The highest BCUT2D eigenvalue weighted by Gasteiger charge is 2.51. The van der Waals surface area contributed by atoms with Gasteiger partial charge in [-0.05, 0) is 109 Å². The molecule has 0 aliphatic carbocycles. The van der Waals surface area contributed by atoms with Gasteiger partial charge in [0.1, 0.15) is 48.8 Å². The number of amides is 1.